The number of halogens is 3. The number of nitrogens with zero attached hydrogens (tertiary/aromatic N) is 6. The topological polar surface area (TPSA) is 103 Å². The minimum atomic E-state index is -0.0962. The fourth-order valence-electron chi connectivity index (χ4n) is 18.0. The minimum Gasteiger partial charge on any atom is -0.268 e. The van der Waals surface area contributed by atoms with Gasteiger partial charge in [0.1, 0.15) is 16.9 Å². The SMILES string of the molecule is O=c1c2ccc(-c3ccccc3)c3c(Cl)ccc(c32)c2nc3c(-c4ccccc4)cc(-c4ccccc4)cc3n12.O=c1c2ccc(-c3ccccc3)c3c(Cl)ccc(c32)c2nc3cc(-c4ccccc4)cc(-c4ccccc4)c3n12.O=c1c2ccc(Cl)c3c(-c4ccccc4)ccc(c32)c2nc3c(-c4ccccc4)cc(-c4ccccc4)cc3n12. The first-order valence-electron chi connectivity index (χ1n) is 39.7. The number of pyridine rings is 3. The summed E-state index contributed by atoms with van der Waals surface area (Å²) in [6.45, 7) is 0. The van der Waals surface area contributed by atoms with Crippen molar-refractivity contribution in [1.29, 1.82) is 0 Å². The molecule has 120 heavy (non-hydrogen) atoms. The van der Waals surface area contributed by atoms with Gasteiger partial charge in [0.2, 0.25) is 0 Å². The molecule has 0 N–H and O–H groups in total. The van der Waals surface area contributed by atoms with Gasteiger partial charge in [-0.15, -0.1) is 0 Å². The number of imidazole rings is 3. The Bertz CT molecular complexity index is 8000. The average molecular weight is 1600 g/mol. The van der Waals surface area contributed by atoms with Crippen LogP contribution in [0.1, 0.15) is 0 Å². The molecule has 0 amide bonds. The molecule has 6 heterocycles. The summed E-state index contributed by atoms with van der Waals surface area (Å²) in [5.74, 6) is 0. The average Bonchev–Trinajstić information content (AvgIpc) is 1.49. The first-order chi connectivity index (χ1) is 59.1. The highest BCUT2D eigenvalue weighted by atomic mass is 35.5. The largest absolute Gasteiger partial charge is 0.268 e. The van der Waals surface area contributed by atoms with E-state index >= 15 is 0 Å². The zero-order chi connectivity index (χ0) is 80.4. The lowest BCUT2D eigenvalue weighted by Gasteiger charge is -2.14. The molecule has 0 spiro atoms. The van der Waals surface area contributed by atoms with Crippen LogP contribution in [0.2, 0.25) is 15.1 Å². The molecule has 24 rings (SSSR count). The third kappa shape index (κ3) is 11.7. The van der Waals surface area contributed by atoms with Gasteiger partial charge in [0.25, 0.3) is 16.7 Å². The fraction of sp³-hybridized carbons (Fsp3) is 0. The van der Waals surface area contributed by atoms with Crippen molar-refractivity contribution in [2.45, 2.75) is 0 Å². The number of benzene rings is 18. The summed E-state index contributed by atoms with van der Waals surface area (Å²) in [5.41, 5.74) is 25.1. The van der Waals surface area contributed by atoms with Crippen molar-refractivity contribution in [3.63, 3.8) is 0 Å². The van der Waals surface area contributed by atoms with E-state index in [4.69, 9.17) is 49.8 Å². The Labute approximate surface area is 701 Å². The maximum atomic E-state index is 14.3. The van der Waals surface area contributed by atoms with E-state index in [1.807, 2.05) is 224 Å². The molecule has 9 nitrogen and oxygen atoms in total. The van der Waals surface area contributed by atoms with Crippen LogP contribution in [-0.2, 0) is 0 Å². The van der Waals surface area contributed by atoms with Crippen LogP contribution < -0.4 is 16.7 Å². The summed E-state index contributed by atoms with van der Waals surface area (Å²) in [7, 11) is 0. The molecular weight excluding hydrogens is 1540 g/mol. The van der Waals surface area contributed by atoms with Crippen LogP contribution in [0, 0.1) is 0 Å². The second-order valence-electron chi connectivity index (χ2n) is 30.2. The molecule has 0 saturated carbocycles. The summed E-state index contributed by atoms with van der Waals surface area (Å²) in [5, 5.41) is 11.7. The van der Waals surface area contributed by atoms with Crippen LogP contribution in [0.5, 0.6) is 0 Å². The Morgan fingerprint density at radius 3 is 0.783 bits per heavy atom. The smallest absolute Gasteiger partial charge is 0.264 e. The molecule has 0 aliphatic rings. The van der Waals surface area contributed by atoms with Gasteiger partial charge in [0.15, 0.2) is 0 Å². The van der Waals surface area contributed by atoms with E-state index in [1.54, 1.807) is 13.2 Å². The van der Waals surface area contributed by atoms with Crippen molar-refractivity contribution in [3.8, 4) is 100 Å². The van der Waals surface area contributed by atoms with E-state index in [-0.39, 0.29) is 16.7 Å². The van der Waals surface area contributed by atoms with Crippen molar-refractivity contribution >= 4 is 149 Å². The van der Waals surface area contributed by atoms with E-state index in [1.165, 1.54) is 0 Å². The van der Waals surface area contributed by atoms with Crippen LogP contribution in [0.15, 0.2) is 397 Å². The molecule has 6 aromatic heterocycles. The maximum Gasteiger partial charge on any atom is 0.264 e. The van der Waals surface area contributed by atoms with Gasteiger partial charge >= 0.3 is 0 Å². The van der Waals surface area contributed by atoms with Gasteiger partial charge in [-0.05, 0) is 174 Å². The second-order valence-corrected chi connectivity index (χ2v) is 31.4. The minimum absolute atomic E-state index is 0.0958. The highest BCUT2D eigenvalue weighted by molar-refractivity contribution is 6.41. The lowest BCUT2D eigenvalue weighted by Crippen LogP contribution is -2.14. The molecular formula is C108H63Cl3N6O3. The van der Waals surface area contributed by atoms with E-state index in [2.05, 4.69) is 158 Å². The van der Waals surface area contributed by atoms with Gasteiger partial charge in [-0.2, -0.15) is 0 Å². The van der Waals surface area contributed by atoms with Crippen LogP contribution >= 0.6 is 34.8 Å². The summed E-state index contributed by atoms with van der Waals surface area (Å²) < 4.78 is 5.35. The molecule has 0 bridgehead atoms. The third-order valence-corrected chi connectivity index (χ3v) is 24.4. The lowest BCUT2D eigenvalue weighted by atomic mass is 9.94. The first kappa shape index (κ1) is 71.6. The molecule has 18 aromatic carbocycles. The molecule has 0 unspecified atom stereocenters. The quantitative estimate of drug-likeness (QED) is 0.143. The van der Waals surface area contributed by atoms with Gasteiger partial charge in [0.05, 0.1) is 33.1 Å². The zero-order valence-electron chi connectivity index (χ0n) is 63.9. The molecule has 0 fully saturated rings. The van der Waals surface area contributed by atoms with Crippen molar-refractivity contribution in [2.75, 3.05) is 0 Å². The molecule has 564 valence electrons. The Hall–Kier alpha value is -15.0. The Morgan fingerprint density at radius 1 is 0.200 bits per heavy atom. The first-order valence-corrected chi connectivity index (χ1v) is 40.8. The number of rotatable bonds is 9. The van der Waals surface area contributed by atoms with E-state index in [0.29, 0.717) is 48.2 Å². The highest BCUT2D eigenvalue weighted by Gasteiger charge is 2.27. The molecule has 0 aliphatic carbocycles. The third-order valence-electron chi connectivity index (χ3n) is 23.5. The second kappa shape index (κ2) is 29.0. The van der Waals surface area contributed by atoms with E-state index in [9.17, 15) is 14.4 Å². The maximum absolute atomic E-state index is 14.3. The summed E-state index contributed by atoms with van der Waals surface area (Å²) >= 11 is 20.5. The Morgan fingerprint density at radius 2 is 0.450 bits per heavy atom. The fourth-order valence-corrected chi connectivity index (χ4v) is 18.8. The number of aromatic nitrogens is 6. The van der Waals surface area contributed by atoms with Crippen molar-refractivity contribution < 1.29 is 0 Å². The molecule has 0 aliphatic heterocycles. The van der Waals surface area contributed by atoms with Crippen molar-refractivity contribution in [1.82, 2.24) is 28.2 Å². The van der Waals surface area contributed by atoms with E-state index in [0.717, 1.165) is 182 Å². The number of fused-ring (bicyclic) bond motifs is 12. The highest BCUT2D eigenvalue weighted by Crippen LogP contribution is 2.47. The molecule has 0 radical (unpaired) electrons. The molecule has 0 saturated heterocycles. The standard InChI is InChI=1S/3C36H21ClN2O/c37-30-19-18-27-32-28(17-16-26(33(30)32)23-12-6-2-7-13-23)36(40)39-31-21-25(22-10-4-1-5-11-22)20-29(34(31)38-35(27)39)24-14-8-3-9-15-24;37-30-19-18-27-32-28(17-16-26(33(30)32)23-12-6-2-7-13-23)36(40)39-34-29(24-14-8-3-9-15-24)20-25(21-31(34)38-35(27)39)22-10-4-1-5-11-22;37-30-19-18-28-32-27(17-16-26(33(30)32)23-12-6-2-7-13-23)35-38-34-29(24-14-8-3-9-15-24)20-25(22-10-4-1-5-11-22)21-31(34)39(35)36(28)40/h3*1-21H. The van der Waals surface area contributed by atoms with Crippen LogP contribution in [-0.4, -0.2) is 28.2 Å². The molecule has 0 atom stereocenters. The van der Waals surface area contributed by atoms with Crippen molar-refractivity contribution in [2.24, 2.45) is 0 Å². The monoisotopic (exact) mass is 1600 g/mol. The number of hydrogen-bond donors (Lipinski definition) is 0. The summed E-state index contributed by atoms with van der Waals surface area (Å²) in [6, 6.07) is 128. The number of hydrogen-bond acceptors (Lipinski definition) is 6. The van der Waals surface area contributed by atoms with Gasteiger partial charge in [-0.1, -0.05) is 326 Å². The molecule has 24 aromatic rings. The van der Waals surface area contributed by atoms with Crippen LogP contribution in [0.25, 0.3) is 215 Å². The zero-order valence-corrected chi connectivity index (χ0v) is 66.2. The van der Waals surface area contributed by atoms with Gasteiger partial charge in [0, 0.05) is 96.4 Å². The summed E-state index contributed by atoms with van der Waals surface area (Å²) in [6.07, 6.45) is 0. The Kier molecular flexibility index (Phi) is 17.3. The van der Waals surface area contributed by atoms with Gasteiger partial charge < -0.3 is 0 Å². The predicted molar refractivity (Wildman–Crippen MR) is 499 cm³/mol. The van der Waals surface area contributed by atoms with Crippen LogP contribution in [0.3, 0.4) is 0 Å². The summed E-state index contributed by atoms with van der Waals surface area (Å²) in [4.78, 5) is 58.4. The van der Waals surface area contributed by atoms with Gasteiger partial charge in [-0.3, -0.25) is 27.6 Å². The molecule has 12 heteroatoms. The van der Waals surface area contributed by atoms with Crippen LogP contribution in [0.4, 0.5) is 0 Å². The van der Waals surface area contributed by atoms with Crippen molar-refractivity contribution in [3.05, 3.63) is 428 Å². The normalized spacial score (nSPS) is 11.7. The lowest BCUT2D eigenvalue weighted by molar-refractivity contribution is 1.19. The van der Waals surface area contributed by atoms with E-state index < -0.39 is 0 Å². The van der Waals surface area contributed by atoms with Gasteiger partial charge in [-0.25, -0.2) is 15.0 Å². The predicted octanol–water partition coefficient (Wildman–Crippen LogP) is 27.7. The Balaban J connectivity index is 0.000000108.